The lowest BCUT2D eigenvalue weighted by molar-refractivity contribution is -0.137. The Morgan fingerprint density at radius 3 is 2.87 bits per heavy atom. The molecule has 1 atom stereocenters. The van der Waals surface area contributed by atoms with Gasteiger partial charge < -0.3 is 5.11 Å². The Balaban J connectivity index is 1.89. The topological polar surface area (TPSA) is 92.5 Å². The summed E-state index contributed by atoms with van der Waals surface area (Å²) in [7, 11) is -3.70. The first-order valence-electron chi connectivity index (χ1n) is 7.20. The molecule has 0 saturated carbocycles. The minimum absolute atomic E-state index is 0.0188. The SMILES string of the molecule is CC1CN(S(=O)(=O)c2cnn(CC(=O)O)c2)Cc2ccccc21. The van der Waals surface area contributed by atoms with Gasteiger partial charge in [-0.1, -0.05) is 31.2 Å². The van der Waals surface area contributed by atoms with Crippen molar-refractivity contribution in [1.29, 1.82) is 0 Å². The van der Waals surface area contributed by atoms with Crippen molar-refractivity contribution < 1.29 is 18.3 Å². The summed E-state index contributed by atoms with van der Waals surface area (Å²) >= 11 is 0. The molecule has 0 bridgehead atoms. The average Bonchev–Trinajstić information content (AvgIpc) is 2.95. The molecule has 0 saturated heterocycles. The van der Waals surface area contributed by atoms with Crippen LogP contribution in [-0.2, 0) is 27.9 Å². The van der Waals surface area contributed by atoms with E-state index in [0.717, 1.165) is 10.2 Å². The Bertz CT molecular complexity index is 844. The Morgan fingerprint density at radius 1 is 1.39 bits per heavy atom. The molecule has 2 heterocycles. The number of rotatable bonds is 4. The highest BCUT2D eigenvalue weighted by Crippen LogP contribution is 2.31. The molecule has 3 rings (SSSR count). The minimum atomic E-state index is -3.70. The zero-order chi connectivity index (χ0) is 16.6. The average molecular weight is 335 g/mol. The molecule has 1 N–H and O–H groups in total. The number of benzene rings is 1. The van der Waals surface area contributed by atoms with Gasteiger partial charge >= 0.3 is 5.97 Å². The number of carboxylic acid groups (broad SMARTS) is 1. The molecule has 1 aliphatic rings. The molecule has 0 spiro atoms. The van der Waals surface area contributed by atoms with Crippen LogP contribution in [0.3, 0.4) is 0 Å². The first kappa shape index (κ1) is 15.7. The highest BCUT2D eigenvalue weighted by molar-refractivity contribution is 7.89. The van der Waals surface area contributed by atoms with E-state index in [0.29, 0.717) is 13.1 Å². The van der Waals surface area contributed by atoms with Gasteiger partial charge in [0.15, 0.2) is 0 Å². The zero-order valence-corrected chi connectivity index (χ0v) is 13.4. The van der Waals surface area contributed by atoms with Gasteiger partial charge in [-0.05, 0) is 17.0 Å². The molecule has 7 nitrogen and oxygen atoms in total. The van der Waals surface area contributed by atoms with E-state index in [4.69, 9.17) is 5.11 Å². The second-order valence-electron chi connectivity index (χ2n) is 5.66. The third-order valence-corrected chi connectivity index (χ3v) is 5.72. The fourth-order valence-corrected chi connectivity index (χ4v) is 4.31. The van der Waals surface area contributed by atoms with Gasteiger partial charge in [-0.15, -0.1) is 0 Å². The van der Waals surface area contributed by atoms with Crippen molar-refractivity contribution in [1.82, 2.24) is 14.1 Å². The molecule has 1 aromatic carbocycles. The predicted molar refractivity (Wildman–Crippen MR) is 82.3 cm³/mol. The summed E-state index contributed by atoms with van der Waals surface area (Å²) in [6, 6.07) is 7.80. The van der Waals surface area contributed by atoms with Crippen LogP contribution in [0.2, 0.25) is 0 Å². The molecule has 0 radical (unpaired) electrons. The van der Waals surface area contributed by atoms with Crippen LogP contribution >= 0.6 is 0 Å². The third-order valence-electron chi connectivity index (χ3n) is 3.95. The maximum Gasteiger partial charge on any atom is 0.325 e. The number of aliphatic carboxylic acids is 1. The maximum absolute atomic E-state index is 12.8. The lowest BCUT2D eigenvalue weighted by atomic mass is 9.92. The summed E-state index contributed by atoms with van der Waals surface area (Å²) < 4.78 is 28.1. The Hall–Kier alpha value is -2.19. The Kier molecular flexibility index (Phi) is 3.95. The van der Waals surface area contributed by atoms with Crippen LogP contribution < -0.4 is 0 Å². The second-order valence-corrected chi connectivity index (χ2v) is 7.60. The van der Waals surface area contributed by atoms with E-state index >= 15 is 0 Å². The van der Waals surface area contributed by atoms with E-state index in [1.807, 2.05) is 31.2 Å². The molecule has 0 fully saturated rings. The number of hydrogen-bond donors (Lipinski definition) is 1. The van der Waals surface area contributed by atoms with E-state index < -0.39 is 16.0 Å². The number of carbonyl (C=O) groups is 1. The largest absolute Gasteiger partial charge is 0.480 e. The van der Waals surface area contributed by atoms with Crippen LogP contribution in [0.25, 0.3) is 0 Å². The van der Waals surface area contributed by atoms with Gasteiger partial charge in [0.25, 0.3) is 0 Å². The summed E-state index contributed by atoms with van der Waals surface area (Å²) in [5.41, 5.74) is 2.16. The highest BCUT2D eigenvalue weighted by Gasteiger charge is 2.32. The lowest BCUT2D eigenvalue weighted by Gasteiger charge is -2.31. The second kappa shape index (κ2) is 5.78. The van der Waals surface area contributed by atoms with Crippen LogP contribution in [0, 0.1) is 0 Å². The van der Waals surface area contributed by atoms with Crippen molar-refractivity contribution in [3.8, 4) is 0 Å². The number of sulfonamides is 1. The van der Waals surface area contributed by atoms with Crippen molar-refractivity contribution in [3.05, 3.63) is 47.8 Å². The minimum Gasteiger partial charge on any atom is -0.480 e. The molecule has 2 aromatic rings. The van der Waals surface area contributed by atoms with Gasteiger partial charge in [0.2, 0.25) is 10.0 Å². The van der Waals surface area contributed by atoms with Crippen molar-refractivity contribution in [2.75, 3.05) is 6.54 Å². The van der Waals surface area contributed by atoms with Gasteiger partial charge in [0.1, 0.15) is 11.4 Å². The molecule has 1 aliphatic heterocycles. The number of aromatic nitrogens is 2. The van der Waals surface area contributed by atoms with E-state index in [-0.39, 0.29) is 17.4 Å². The van der Waals surface area contributed by atoms with Crippen molar-refractivity contribution in [2.24, 2.45) is 0 Å². The quantitative estimate of drug-likeness (QED) is 0.908. The maximum atomic E-state index is 12.8. The molecule has 0 amide bonds. The Labute approximate surface area is 134 Å². The van der Waals surface area contributed by atoms with Crippen molar-refractivity contribution in [2.45, 2.75) is 30.8 Å². The zero-order valence-electron chi connectivity index (χ0n) is 12.6. The van der Waals surface area contributed by atoms with Crippen LogP contribution in [0.5, 0.6) is 0 Å². The molecule has 1 aromatic heterocycles. The van der Waals surface area contributed by atoms with Gasteiger partial charge in [0.05, 0.1) is 6.20 Å². The van der Waals surface area contributed by atoms with Gasteiger partial charge in [0, 0.05) is 19.3 Å². The van der Waals surface area contributed by atoms with Gasteiger partial charge in [-0.2, -0.15) is 9.40 Å². The molecule has 122 valence electrons. The first-order valence-corrected chi connectivity index (χ1v) is 8.64. The smallest absolute Gasteiger partial charge is 0.325 e. The van der Waals surface area contributed by atoms with Crippen LogP contribution in [0.1, 0.15) is 24.0 Å². The molecule has 23 heavy (non-hydrogen) atoms. The number of hydrogen-bond acceptors (Lipinski definition) is 4. The highest BCUT2D eigenvalue weighted by atomic mass is 32.2. The summed E-state index contributed by atoms with van der Waals surface area (Å²) in [4.78, 5) is 10.7. The fourth-order valence-electron chi connectivity index (χ4n) is 2.85. The first-order chi connectivity index (χ1) is 10.9. The number of nitrogens with zero attached hydrogens (tertiary/aromatic N) is 3. The fraction of sp³-hybridized carbons (Fsp3) is 0.333. The van der Waals surface area contributed by atoms with Gasteiger partial charge in [-0.3, -0.25) is 9.48 Å². The predicted octanol–water partition coefficient (Wildman–Crippen LogP) is 1.28. The van der Waals surface area contributed by atoms with Crippen LogP contribution in [-0.4, -0.2) is 40.1 Å². The monoisotopic (exact) mass is 335 g/mol. The van der Waals surface area contributed by atoms with Crippen molar-refractivity contribution in [3.63, 3.8) is 0 Å². The van der Waals surface area contributed by atoms with E-state index in [1.165, 1.54) is 22.3 Å². The summed E-state index contributed by atoms with van der Waals surface area (Å²) in [5.74, 6) is -0.971. The summed E-state index contributed by atoms with van der Waals surface area (Å²) in [6.45, 7) is 2.33. The van der Waals surface area contributed by atoms with Gasteiger partial charge in [-0.25, -0.2) is 8.42 Å². The third kappa shape index (κ3) is 2.99. The standard InChI is InChI=1S/C15H17N3O4S/c1-11-7-18(8-12-4-2-3-5-14(11)12)23(21,22)13-6-16-17(9-13)10-15(19)20/h2-6,9,11H,7-8,10H2,1H3,(H,19,20). The van der Waals surface area contributed by atoms with E-state index in [2.05, 4.69) is 5.10 Å². The molecule has 1 unspecified atom stereocenters. The van der Waals surface area contributed by atoms with E-state index in [1.54, 1.807) is 0 Å². The summed E-state index contributed by atoms with van der Waals surface area (Å²) in [6.07, 6.45) is 2.46. The summed E-state index contributed by atoms with van der Waals surface area (Å²) in [5, 5.41) is 12.6. The Morgan fingerprint density at radius 2 is 2.13 bits per heavy atom. The normalized spacial score (nSPS) is 18.6. The van der Waals surface area contributed by atoms with Crippen molar-refractivity contribution >= 4 is 16.0 Å². The molecular weight excluding hydrogens is 318 g/mol. The molecule has 8 heteroatoms. The van der Waals surface area contributed by atoms with Crippen LogP contribution in [0.15, 0.2) is 41.6 Å². The van der Waals surface area contributed by atoms with Crippen LogP contribution in [0.4, 0.5) is 0 Å². The van der Waals surface area contributed by atoms with E-state index in [9.17, 15) is 13.2 Å². The number of carboxylic acids is 1. The number of fused-ring (bicyclic) bond motifs is 1. The molecule has 0 aliphatic carbocycles. The lowest BCUT2D eigenvalue weighted by Crippen LogP contribution is -2.37. The molecular formula is C15H17N3O4S.